The van der Waals surface area contributed by atoms with Gasteiger partial charge in [-0.3, -0.25) is 0 Å². The number of rotatable bonds is 5. The quantitative estimate of drug-likeness (QED) is 0.398. The molecule has 0 atom stereocenters. The molecule has 0 unspecified atom stereocenters. The SMILES string of the molecule is CCC(C)=CCOC=Cc1ccccc1. The highest BCUT2D eigenvalue weighted by atomic mass is 16.5. The molecule has 0 radical (unpaired) electrons. The maximum Gasteiger partial charge on any atom is 0.106 e. The Kier molecular flexibility index (Phi) is 5.31. The Bertz CT molecular complexity index is 322. The molecule has 80 valence electrons. The van der Waals surface area contributed by atoms with Gasteiger partial charge >= 0.3 is 0 Å². The van der Waals surface area contributed by atoms with Crippen LogP contribution in [-0.2, 0) is 4.74 Å². The summed E-state index contributed by atoms with van der Waals surface area (Å²) < 4.78 is 5.35. The van der Waals surface area contributed by atoms with Gasteiger partial charge in [0.25, 0.3) is 0 Å². The van der Waals surface area contributed by atoms with Crippen molar-refractivity contribution in [3.05, 3.63) is 53.8 Å². The van der Waals surface area contributed by atoms with Crippen molar-refractivity contribution in [2.45, 2.75) is 20.3 Å². The standard InChI is InChI=1S/C14H18O/c1-3-13(2)9-11-15-12-10-14-7-5-4-6-8-14/h4-10,12H,3,11H2,1-2H3. The van der Waals surface area contributed by atoms with Crippen molar-refractivity contribution in [1.82, 2.24) is 0 Å². The van der Waals surface area contributed by atoms with E-state index in [2.05, 4.69) is 19.9 Å². The number of benzene rings is 1. The zero-order chi connectivity index (χ0) is 10.9. The van der Waals surface area contributed by atoms with E-state index in [1.54, 1.807) is 6.26 Å². The van der Waals surface area contributed by atoms with E-state index in [1.807, 2.05) is 36.4 Å². The fourth-order valence-electron chi connectivity index (χ4n) is 1.08. The van der Waals surface area contributed by atoms with Gasteiger partial charge in [-0.05, 0) is 31.1 Å². The number of allylic oxidation sites excluding steroid dienone is 1. The highest BCUT2D eigenvalue weighted by Gasteiger charge is 1.84. The molecule has 0 aliphatic heterocycles. The highest BCUT2D eigenvalue weighted by Crippen LogP contribution is 2.01. The van der Waals surface area contributed by atoms with Crippen LogP contribution in [-0.4, -0.2) is 6.61 Å². The van der Waals surface area contributed by atoms with Crippen molar-refractivity contribution in [2.24, 2.45) is 0 Å². The molecule has 1 rings (SSSR count). The van der Waals surface area contributed by atoms with E-state index < -0.39 is 0 Å². The van der Waals surface area contributed by atoms with Gasteiger partial charge in [0.1, 0.15) is 6.61 Å². The van der Waals surface area contributed by atoms with Crippen molar-refractivity contribution < 1.29 is 4.74 Å². The average Bonchev–Trinajstić information content (AvgIpc) is 2.29. The van der Waals surface area contributed by atoms with Crippen LogP contribution in [0.1, 0.15) is 25.8 Å². The molecular formula is C14H18O. The lowest BCUT2D eigenvalue weighted by Gasteiger charge is -1.97. The Hall–Kier alpha value is -1.50. The predicted octanol–water partition coefficient (Wildman–Crippen LogP) is 4.03. The number of hydrogen-bond donors (Lipinski definition) is 0. The summed E-state index contributed by atoms with van der Waals surface area (Å²) in [6, 6.07) is 10.1. The third-order valence-corrected chi connectivity index (χ3v) is 2.24. The first-order valence-electron chi connectivity index (χ1n) is 5.31. The van der Waals surface area contributed by atoms with Gasteiger partial charge in [-0.1, -0.05) is 42.8 Å². The van der Waals surface area contributed by atoms with Gasteiger partial charge in [0, 0.05) is 0 Å². The Balaban J connectivity index is 2.29. The van der Waals surface area contributed by atoms with Crippen molar-refractivity contribution in [1.29, 1.82) is 0 Å². The molecule has 0 heterocycles. The van der Waals surface area contributed by atoms with E-state index >= 15 is 0 Å². The first kappa shape index (κ1) is 11.6. The van der Waals surface area contributed by atoms with Gasteiger partial charge in [-0.2, -0.15) is 0 Å². The Morgan fingerprint density at radius 1 is 1.27 bits per heavy atom. The summed E-state index contributed by atoms with van der Waals surface area (Å²) in [5.41, 5.74) is 2.52. The molecule has 0 aliphatic carbocycles. The smallest absolute Gasteiger partial charge is 0.106 e. The molecule has 0 bridgehead atoms. The summed E-state index contributed by atoms with van der Waals surface area (Å²) in [7, 11) is 0. The minimum atomic E-state index is 0.656. The second-order valence-corrected chi connectivity index (χ2v) is 3.45. The normalized spacial score (nSPS) is 12.0. The summed E-state index contributed by atoms with van der Waals surface area (Å²) in [5.74, 6) is 0. The first-order valence-corrected chi connectivity index (χ1v) is 5.31. The number of hydrogen-bond acceptors (Lipinski definition) is 1. The average molecular weight is 202 g/mol. The van der Waals surface area contributed by atoms with E-state index in [0.717, 1.165) is 12.0 Å². The lowest BCUT2D eigenvalue weighted by molar-refractivity contribution is 0.291. The van der Waals surface area contributed by atoms with Crippen LogP contribution in [0.2, 0.25) is 0 Å². The molecule has 0 saturated carbocycles. The summed E-state index contributed by atoms with van der Waals surface area (Å²) in [5, 5.41) is 0. The van der Waals surface area contributed by atoms with Crippen molar-refractivity contribution in [2.75, 3.05) is 6.61 Å². The van der Waals surface area contributed by atoms with E-state index in [9.17, 15) is 0 Å². The molecular weight excluding hydrogens is 184 g/mol. The molecule has 0 N–H and O–H groups in total. The lowest BCUT2D eigenvalue weighted by Crippen LogP contribution is -1.83. The monoisotopic (exact) mass is 202 g/mol. The molecule has 0 aromatic heterocycles. The summed E-state index contributed by atoms with van der Waals surface area (Å²) in [4.78, 5) is 0. The van der Waals surface area contributed by atoms with E-state index in [-0.39, 0.29) is 0 Å². The predicted molar refractivity (Wildman–Crippen MR) is 65.5 cm³/mol. The molecule has 15 heavy (non-hydrogen) atoms. The maximum absolute atomic E-state index is 5.35. The third-order valence-electron chi connectivity index (χ3n) is 2.24. The molecule has 1 aromatic carbocycles. The van der Waals surface area contributed by atoms with Gasteiger partial charge in [-0.15, -0.1) is 0 Å². The van der Waals surface area contributed by atoms with Gasteiger partial charge in [0.15, 0.2) is 0 Å². The van der Waals surface area contributed by atoms with Gasteiger partial charge in [0.05, 0.1) is 6.26 Å². The van der Waals surface area contributed by atoms with Crippen LogP contribution in [0.3, 0.4) is 0 Å². The van der Waals surface area contributed by atoms with Crippen LogP contribution in [0.25, 0.3) is 6.08 Å². The molecule has 1 heteroatoms. The second kappa shape index (κ2) is 6.88. The van der Waals surface area contributed by atoms with E-state index in [0.29, 0.717) is 6.61 Å². The first-order chi connectivity index (χ1) is 7.33. The highest BCUT2D eigenvalue weighted by molar-refractivity contribution is 5.47. The van der Waals surface area contributed by atoms with E-state index in [4.69, 9.17) is 4.74 Å². The van der Waals surface area contributed by atoms with Gasteiger partial charge < -0.3 is 4.74 Å². The van der Waals surface area contributed by atoms with Crippen molar-refractivity contribution in [3.63, 3.8) is 0 Å². The van der Waals surface area contributed by atoms with Crippen molar-refractivity contribution >= 4 is 6.08 Å². The molecule has 1 aromatic rings. The number of ether oxygens (including phenoxy) is 1. The Labute approximate surface area is 92.1 Å². The lowest BCUT2D eigenvalue weighted by atomic mass is 10.2. The third kappa shape index (κ3) is 5.06. The fourth-order valence-corrected chi connectivity index (χ4v) is 1.08. The van der Waals surface area contributed by atoms with Crippen LogP contribution in [0.15, 0.2) is 48.2 Å². The van der Waals surface area contributed by atoms with Crippen LogP contribution in [0.4, 0.5) is 0 Å². The van der Waals surface area contributed by atoms with E-state index in [1.165, 1.54) is 5.57 Å². The van der Waals surface area contributed by atoms with Crippen molar-refractivity contribution in [3.8, 4) is 0 Å². The molecule has 0 aliphatic rings. The maximum atomic E-state index is 5.35. The molecule has 1 nitrogen and oxygen atoms in total. The van der Waals surface area contributed by atoms with Crippen LogP contribution < -0.4 is 0 Å². The van der Waals surface area contributed by atoms with Gasteiger partial charge in [0.2, 0.25) is 0 Å². The molecule has 0 fully saturated rings. The van der Waals surface area contributed by atoms with Gasteiger partial charge in [-0.25, -0.2) is 0 Å². The van der Waals surface area contributed by atoms with Crippen LogP contribution in [0.5, 0.6) is 0 Å². The Morgan fingerprint density at radius 2 is 2.00 bits per heavy atom. The minimum absolute atomic E-state index is 0.656. The Morgan fingerprint density at radius 3 is 2.67 bits per heavy atom. The largest absolute Gasteiger partial charge is 0.497 e. The second-order valence-electron chi connectivity index (χ2n) is 3.45. The molecule has 0 spiro atoms. The summed E-state index contributed by atoms with van der Waals surface area (Å²) in [6.07, 6.45) is 6.91. The van der Waals surface area contributed by atoms with Crippen LogP contribution >= 0.6 is 0 Å². The molecule has 0 amide bonds. The summed E-state index contributed by atoms with van der Waals surface area (Å²) >= 11 is 0. The molecule has 0 saturated heterocycles. The minimum Gasteiger partial charge on any atom is -0.497 e. The zero-order valence-electron chi connectivity index (χ0n) is 9.44. The fraction of sp³-hybridized carbons (Fsp3) is 0.286. The summed E-state index contributed by atoms with van der Waals surface area (Å²) in [6.45, 7) is 4.92. The van der Waals surface area contributed by atoms with Crippen LogP contribution in [0, 0.1) is 0 Å². The zero-order valence-corrected chi connectivity index (χ0v) is 9.44. The topological polar surface area (TPSA) is 9.23 Å².